The third kappa shape index (κ3) is 2.45. The van der Waals surface area contributed by atoms with Crippen molar-refractivity contribution in [2.75, 3.05) is 23.8 Å². The zero-order valence-corrected chi connectivity index (χ0v) is 11.7. The van der Waals surface area contributed by atoms with E-state index in [1.165, 1.54) is 0 Å². The number of aromatic nitrogens is 2. The van der Waals surface area contributed by atoms with E-state index < -0.39 is 0 Å². The number of nitro groups is 1. The van der Waals surface area contributed by atoms with Crippen molar-refractivity contribution in [2.45, 2.75) is 33.2 Å². The zero-order valence-electron chi connectivity index (χ0n) is 11.7. The number of nitrogens with zero attached hydrogens (tertiary/aromatic N) is 4. The van der Waals surface area contributed by atoms with Gasteiger partial charge in [0.25, 0.3) is 0 Å². The summed E-state index contributed by atoms with van der Waals surface area (Å²) < 4.78 is 0. The van der Waals surface area contributed by atoms with Crippen LogP contribution < -0.4 is 10.2 Å². The van der Waals surface area contributed by atoms with Crippen molar-refractivity contribution in [3.8, 4) is 0 Å². The van der Waals surface area contributed by atoms with E-state index in [2.05, 4.69) is 29.1 Å². The molecule has 1 aliphatic rings. The van der Waals surface area contributed by atoms with Crippen LogP contribution >= 0.6 is 0 Å². The molecule has 0 bridgehead atoms. The lowest BCUT2D eigenvalue weighted by molar-refractivity contribution is -0.385. The Morgan fingerprint density at radius 1 is 1.42 bits per heavy atom. The van der Waals surface area contributed by atoms with Crippen molar-refractivity contribution in [3.05, 3.63) is 15.8 Å². The minimum Gasteiger partial charge on any atom is -0.357 e. The topological polar surface area (TPSA) is 84.2 Å². The normalized spacial score (nSPS) is 22.6. The standard InChI is InChI=1S/C12H19N5O2/c1-7-5-8(2)16(6-7)11-10(17(18)19)9(3)14-12(13-4)15-11/h7-8H,5-6H2,1-4H3,(H,13,14,15). The van der Waals surface area contributed by atoms with Crippen LogP contribution in [-0.2, 0) is 0 Å². The average molecular weight is 265 g/mol. The Morgan fingerprint density at radius 3 is 2.58 bits per heavy atom. The van der Waals surface area contributed by atoms with Gasteiger partial charge in [0.05, 0.1) is 4.92 Å². The largest absolute Gasteiger partial charge is 0.357 e. The maximum atomic E-state index is 11.3. The fourth-order valence-electron chi connectivity index (χ4n) is 2.67. The Morgan fingerprint density at radius 2 is 2.11 bits per heavy atom. The molecule has 0 aliphatic carbocycles. The fourth-order valence-corrected chi connectivity index (χ4v) is 2.67. The molecule has 7 nitrogen and oxygen atoms in total. The Kier molecular flexibility index (Phi) is 3.55. The molecule has 104 valence electrons. The summed E-state index contributed by atoms with van der Waals surface area (Å²) in [6.45, 7) is 6.66. The van der Waals surface area contributed by atoms with Gasteiger partial charge in [0.1, 0.15) is 5.69 Å². The predicted molar refractivity (Wildman–Crippen MR) is 73.6 cm³/mol. The predicted octanol–water partition coefficient (Wildman–Crippen LogP) is 1.97. The molecule has 1 fully saturated rings. The van der Waals surface area contributed by atoms with Gasteiger partial charge >= 0.3 is 5.69 Å². The highest BCUT2D eigenvalue weighted by Crippen LogP contribution is 2.35. The van der Waals surface area contributed by atoms with E-state index in [9.17, 15) is 10.1 Å². The lowest BCUT2D eigenvalue weighted by atomic mass is 10.1. The van der Waals surface area contributed by atoms with Crippen molar-refractivity contribution >= 4 is 17.5 Å². The van der Waals surface area contributed by atoms with Crippen LogP contribution in [0.15, 0.2) is 0 Å². The van der Waals surface area contributed by atoms with Crippen molar-refractivity contribution < 1.29 is 4.92 Å². The second kappa shape index (κ2) is 4.99. The van der Waals surface area contributed by atoms with Crippen LogP contribution in [0.5, 0.6) is 0 Å². The molecule has 2 unspecified atom stereocenters. The molecule has 1 N–H and O–H groups in total. The van der Waals surface area contributed by atoms with Crippen molar-refractivity contribution in [1.82, 2.24) is 9.97 Å². The molecule has 1 aliphatic heterocycles. The van der Waals surface area contributed by atoms with E-state index in [0.29, 0.717) is 23.4 Å². The molecule has 19 heavy (non-hydrogen) atoms. The second-order valence-corrected chi connectivity index (χ2v) is 5.15. The molecule has 1 aromatic rings. The molecule has 0 radical (unpaired) electrons. The zero-order chi connectivity index (χ0) is 14.2. The van der Waals surface area contributed by atoms with E-state index in [-0.39, 0.29) is 16.7 Å². The van der Waals surface area contributed by atoms with Crippen molar-refractivity contribution in [2.24, 2.45) is 5.92 Å². The first-order valence-corrected chi connectivity index (χ1v) is 6.41. The molecule has 2 rings (SSSR count). The molecule has 0 saturated carbocycles. The lowest BCUT2D eigenvalue weighted by Crippen LogP contribution is -2.29. The van der Waals surface area contributed by atoms with Crippen LogP contribution in [0, 0.1) is 23.0 Å². The third-order valence-electron chi connectivity index (χ3n) is 3.50. The highest BCUT2D eigenvalue weighted by atomic mass is 16.6. The quantitative estimate of drug-likeness (QED) is 0.664. The maximum absolute atomic E-state index is 11.3. The Balaban J connectivity index is 2.53. The summed E-state index contributed by atoms with van der Waals surface area (Å²) in [6, 6.07) is 0.257. The highest BCUT2D eigenvalue weighted by Gasteiger charge is 2.34. The van der Waals surface area contributed by atoms with Crippen LogP contribution in [0.4, 0.5) is 17.5 Å². The average Bonchev–Trinajstić information content (AvgIpc) is 2.66. The number of rotatable bonds is 3. The number of nitrogens with one attached hydrogen (secondary N) is 1. The van der Waals surface area contributed by atoms with Gasteiger partial charge < -0.3 is 10.2 Å². The molecule has 1 saturated heterocycles. The van der Waals surface area contributed by atoms with Gasteiger partial charge in [-0.05, 0) is 26.2 Å². The molecule has 0 amide bonds. The van der Waals surface area contributed by atoms with Crippen LogP contribution in [0.25, 0.3) is 0 Å². The maximum Gasteiger partial charge on any atom is 0.332 e. The van der Waals surface area contributed by atoms with Crippen LogP contribution in [0.1, 0.15) is 26.0 Å². The number of hydrogen-bond donors (Lipinski definition) is 1. The second-order valence-electron chi connectivity index (χ2n) is 5.15. The highest BCUT2D eigenvalue weighted by molar-refractivity contribution is 5.63. The molecular formula is C12H19N5O2. The van der Waals surface area contributed by atoms with Gasteiger partial charge in [0, 0.05) is 19.6 Å². The summed E-state index contributed by atoms with van der Waals surface area (Å²) in [7, 11) is 1.71. The first kappa shape index (κ1) is 13.5. The van der Waals surface area contributed by atoms with Crippen LogP contribution in [0.3, 0.4) is 0 Å². The van der Waals surface area contributed by atoms with Crippen LogP contribution in [-0.4, -0.2) is 34.5 Å². The summed E-state index contributed by atoms with van der Waals surface area (Å²) >= 11 is 0. The summed E-state index contributed by atoms with van der Waals surface area (Å²) in [5.74, 6) is 1.37. The lowest BCUT2D eigenvalue weighted by Gasteiger charge is -2.23. The minimum absolute atomic E-state index is 0.0138. The molecule has 1 aromatic heterocycles. The van der Waals surface area contributed by atoms with Gasteiger partial charge in [0.15, 0.2) is 0 Å². The molecular weight excluding hydrogens is 246 g/mol. The fraction of sp³-hybridized carbons (Fsp3) is 0.667. The van der Waals surface area contributed by atoms with Gasteiger partial charge in [-0.25, -0.2) is 4.98 Å². The van der Waals surface area contributed by atoms with Gasteiger partial charge in [0.2, 0.25) is 11.8 Å². The van der Waals surface area contributed by atoms with Crippen LogP contribution in [0.2, 0.25) is 0 Å². The summed E-state index contributed by atoms with van der Waals surface area (Å²) in [5, 5.41) is 14.1. The number of aryl methyl sites for hydroxylation is 1. The summed E-state index contributed by atoms with van der Waals surface area (Å²) in [4.78, 5) is 21.3. The van der Waals surface area contributed by atoms with Gasteiger partial charge in [-0.1, -0.05) is 6.92 Å². The van der Waals surface area contributed by atoms with Gasteiger partial charge in [-0.3, -0.25) is 10.1 Å². The van der Waals surface area contributed by atoms with Crippen molar-refractivity contribution in [1.29, 1.82) is 0 Å². The first-order valence-electron chi connectivity index (χ1n) is 6.41. The van der Waals surface area contributed by atoms with Gasteiger partial charge in [-0.15, -0.1) is 0 Å². The smallest absolute Gasteiger partial charge is 0.332 e. The number of anilines is 2. The molecule has 7 heteroatoms. The molecule has 2 heterocycles. The minimum atomic E-state index is -0.389. The SMILES string of the molecule is CNc1nc(C)c([N+](=O)[O-])c(N2CC(C)CC2C)n1. The number of hydrogen-bond acceptors (Lipinski definition) is 6. The Hall–Kier alpha value is -1.92. The third-order valence-corrected chi connectivity index (χ3v) is 3.50. The van der Waals surface area contributed by atoms with E-state index in [1.54, 1.807) is 14.0 Å². The van der Waals surface area contributed by atoms with E-state index >= 15 is 0 Å². The van der Waals surface area contributed by atoms with E-state index in [1.807, 2.05) is 4.90 Å². The monoisotopic (exact) mass is 265 g/mol. The summed E-state index contributed by atoms with van der Waals surface area (Å²) in [5.41, 5.74) is 0.408. The Labute approximate surface area is 112 Å². The summed E-state index contributed by atoms with van der Waals surface area (Å²) in [6.07, 6.45) is 1.02. The Bertz CT molecular complexity index is 505. The molecule has 2 atom stereocenters. The van der Waals surface area contributed by atoms with E-state index in [0.717, 1.165) is 13.0 Å². The van der Waals surface area contributed by atoms with E-state index in [4.69, 9.17) is 0 Å². The molecule has 0 spiro atoms. The molecule has 0 aromatic carbocycles. The first-order chi connectivity index (χ1) is 8.93. The van der Waals surface area contributed by atoms with Gasteiger partial charge in [-0.2, -0.15) is 4.98 Å². The van der Waals surface area contributed by atoms with Crippen molar-refractivity contribution in [3.63, 3.8) is 0 Å².